The van der Waals surface area contributed by atoms with Gasteiger partial charge in [0.1, 0.15) is 17.2 Å². The fraction of sp³-hybridized carbons (Fsp3) is 0.436. The molecule has 4 aromatic carbocycles. The lowest BCUT2D eigenvalue weighted by Crippen LogP contribution is -2.51. The molecule has 4 aromatic rings. The van der Waals surface area contributed by atoms with Crippen LogP contribution < -0.4 is 19.5 Å². The largest absolute Gasteiger partial charge is 0.496 e. The molecule has 0 amide bonds. The lowest BCUT2D eigenvalue weighted by Gasteiger charge is -2.39. The van der Waals surface area contributed by atoms with Crippen molar-refractivity contribution in [3.63, 3.8) is 0 Å². The molecular weight excluding hydrogens is 594 g/mol. The lowest BCUT2D eigenvalue weighted by molar-refractivity contribution is -0.0698. The van der Waals surface area contributed by atoms with Crippen LogP contribution in [0.4, 0.5) is 0 Å². The Balaban J connectivity index is 1.21. The number of fused-ring (bicyclic) bond motifs is 1. The van der Waals surface area contributed by atoms with Gasteiger partial charge in [0, 0.05) is 49.4 Å². The fourth-order valence-electron chi connectivity index (χ4n) is 6.17. The molecule has 4 atom stereocenters. The third-order valence-electron chi connectivity index (χ3n) is 8.52. The zero-order valence-electron chi connectivity index (χ0n) is 28.1. The Hall–Kier alpha value is -3.66. The van der Waals surface area contributed by atoms with E-state index in [2.05, 4.69) is 48.6 Å². The molecule has 5 rings (SSSR count). The normalized spacial score (nSPS) is 18.6. The van der Waals surface area contributed by atoms with Crippen LogP contribution in [0.1, 0.15) is 36.0 Å². The molecule has 252 valence electrons. The van der Waals surface area contributed by atoms with Gasteiger partial charge in [0.25, 0.3) is 0 Å². The first-order valence-corrected chi connectivity index (χ1v) is 16.5. The summed E-state index contributed by atoms with van der Waals surface area (Å²) in [6.45, 7) is 7.06. The third-order valence-corrected chi connectivity index (χ3v) is 8.52. The summed E-state index contributed by atoms with van der Waals surface area (Å²) in [5.74, 6) is 2.87. The maximum atomic E-state index is 6.67. The van der Waals surface area contributed by atoms with Gasteiger partial charge in [0.15, 0.2) is 0 Å². The standard InChI is InChI=1S/C39H49NO7/c1-28(24-41-2)25-46-37-22-40-23-38(47-26-29-20-31-10-5-7-12-34(31)36(21-29)43-4)39(37)30-14-16-33(17-15-30)45-19-9-18-44-27-32-11-6-8-13-35(32)42-3/h5-8,10-17,20-21,28,37-40H,9,18-19,22-27H2,1-4H3. The summed E-state index contributed by atoms with van der Waals surface area (Å²) in [4.78, 5) is 0. The van der Waals surface area contributed by atoms with Crippen LogP contribution >= 0.6 is 0 Å². The molecule has 8 heteroatoms. The van der Waals surface area contributed by atoms with Gasteiger partial charge in [-0.25, -0.2) is 0 Å². The van der Waals surface area contributed by atoms with Crippen LogP contribution in [-0.4, -0.2) is 73.1 Å². The van der Waals surface area contributed by atoms with Gasteiger partial charge in [-0.1, -0.05) is 61.5 Å². The predicted molar refractivity (Wildman–Crippen MR) is 185 cm³/mol. The number of hydrogen-bond acceptors (Lipinski definition) is 8. The van der Waals surface area contributed by atoms with E-state index < -0.39 is 0 Å². The molecule has 47 heavy (non-hydrogen) atoms. The number of benzene rings is 4. The summed E-state index contributed by atoms with van der Waals surface area (Å²) >= 11 is 0. The van der Waals surface area contributed by atoms with Crippen LogP contribution in [0, 0.1) is 5.92 Å². The second kappa shape index (κ2) is 18.0. The molecule has 0 bridgehead atoms. The van der Waals surface area contributed by atoms with Crippen LogP contribution in [0.3, 0.4) is 0 Å². The first-order valence-electron chi connectivity index (χ1n) is 16.5. The van der Waals surface area contributed by atoms with Gasteiger partial charge in [-0.15, -0.1) is 0 Å². The summed E-state index contributed by atoms with van der Waals surface area (Å²) in [6.07, 6.45) is 0.651. The molecule has 1 aliphatic rings. The van der Waals surface area contributed by atoms with Gasteiger partial charge < -0.3 is 38.5 Å². The van der Waals surface area contributed by atoms with E-state index in [9.17, 15) is 0 Å². The van der Waals surface area contributed by atoms with E-state index in [1.165, 1.54) is 5.56 Å². The van der Waals surface area contributed by atoms with Crippen molar-refractivity contribution in [2.75, 3.05) is 60.8 Å². The molecule has 0 spiro atoms. The van der Waals surface area contributed by atoms with Gasteiger partial charge in [0.2, 0.25) is 0 Å². The summed E-state index contributed by atoms with van der Waals surface area (Å²) in [5.41, 5.74) is 3.29. The van der Waals surface area contributed by atoms with Gasteiger partial charge in [-0.3, -0.25) is 0 Å². The van der Waals surface area contributed by atoms with Crippen molar-refractivity contribution in [2.45, 2.75) is 44.7 Å². The molecule has 0 aliphatic carbocycles. The highest BCUT2D eigenvalue weighted by Crippen LogP contribution is 2.33. The molecular formula is C39H49NO7. The van der Waals surface area contributed by atoms with E-state index in [0.29, 0.717) is 45.6 Å². The average molecular weight is 644 g/mol. The van der Waals surface area contributed by atoms with Crippen molar-refractivity contribution in [2.24, 2.45) is 5.92 Å². The van der Waals surface area contributed by atoms with E-state index in [1.54, 1.807) is 21.3 Å². The van der Waals surface area contributed by atoms with E-state index >= 15 is 0 Å². The first-order chi connectivity index (χ1) is 23.1. The van der Waals surface area contributed by atoms with Crippen LogP contribution in [0.2, 0.25) is 0 Å². The fourth-order valence-corrected chi connectivity index (χ4v) is 6.17. The van der Waals surface area contributed by atoms with Gasteiger partial charge in [0.05, 0.1) is 66.1 Å². The molecule has 0 radical (unpaired) electrons. The van der Waals surface area contributed by atoms with Gasteiger partial charge >= 0.3 is 0 Å². The number of ether oxygens (including phenoxy) is 7. The molecule has 1 aliphatic heterocycles. The van der Waals surface area contributed by atoms with Crippen molar-refractivity contribution in [1.82, 2.24) is 5.32 Å². The maximum absolute atomic E-state index is 6.67. The minimum atomic E-state index is -0.0869. The van der Waals surface area contributed by atoms with Gasteiger partial charge in [-0.05, 0) is 46.8 Å². The topological polar surface area (TPSA) is 76.6 Å². The SMILES string of the molecule is COCC(C)COC1CNCC(OCc2cc(OC)c3ccccc3c2)C1c1ccc(OCCCOCc2ccccc2OC)cc1. The Labute approximate surface area is 279 Å². The number of para-hydroxylation sites is 1. The molecule has 8 nitrogen and oxygen atoms in total. The van der Waals surface area contributed by atoms with Crippen LogP contribution in [0.5, 0.6) is 17.2 Å². The smallest absolute Gasteiger partial charge is 0.127 e. The Morgan fingerprint density at radius 1 is 0.745 bits per heavy atom. The minimum Gasteiger partial charge on any atom is -0.496 e. The lowest BCUT2D eigenvalue weighted by atomic mass is 9.85. The van der Waals surface area contributed by atoms with Gasteiger partial charge in [-0.2, -0.15) is 0 Å². The van der Waals surface area contributed by atoms with Crippen molar-refractivity contribution < 1.29 is 33.2 Å². The zero-order valence-corrected chi connectivity index (χ0v) is 28.1. The monoisotopic (exact) mass is 643 g/mol. The summed E-state index contributed by atoms with van der Waals surface area (Å²) < 4.78 is 41.6. The maximum Gasteiger partial charge on any atom is 0.127 e. The summed E-state index contributed by atoms with van der Waals surface area (Å²) in [7, 11) is 5.12. The summed E-state index contributed by atoms with van der Waals surface area (Å²) in [5, 5.41) is 5.78. The Kier molecular flexibility index (Phi) is 13.3. The number of nitrogens with one attached hydrogen (secondary N) is 1. The summed E-state index contributed by atoms with van der Waals surface area (Å²) in [6, 6.07) is 28.8. The molecule has 4 unspecified atom stereocenters. The quantitative estimate of drug-likeness (QED) is 0.119. The first kappa shape index (κ1) is 34.7. The second-order valence-electron chi connectivity index (χ2n) is 12.1. The molecule has 0 aromatic heterocycles. The van der Waals surface area contributed by atoms with E-state index in [0.717, 1.165) is 58.7 Å². The highest BCUT2D eigenvalue weighted by molar-refractivity contribution is 5.89. The zero-order chi connectivity index (χ0) is 32.8. The Bertz CT molecular complexity index is 1510. The van der Waals surface area contributed by atoms with Crippen LogP contribution in [0.15, 0.2) is 84.9 Å². The van der Waals surface area contributed by atoms with E-state index in [-0.39, 0.29) is 18.1 Å². The molecule has 1 heterocycles. The van der Waals surface area contributed by atoms with Crippen LogP contribution in [0.25, 0.3) is 10.8 Å². The highest BCUT2D eigenvalue weighted by Gasteiger charge is 2.36. The van der Waals surface area contributed by atoms with Crippen LogP contribution in [-0.2, 0) is 32.2 Å². The number of piperidine rings is 1. The van der Waals surface area contributed by atoms with Crippen molar-refractivity contribution in [3.8, 4) is 17.2 Å². The van der Waals surface area contributed by atoms with Crippen molar-refractivity contribution in [1.29, 1.82) is 0 Å². The number of hydrogen-bond donors (Lipinski definition) is 1. The molecule has 0 saturated carbocycles. The molecule has 1 N–H and O–H groups in total. The Morgan fingerprint density at radius 2 is 1.49 bits per heavy atom. The van der Waals surface area contributed by atoms with E-state index in [4.69, 9.17) is 33.2 Å². The second-order valence-corrected chi connectivity index (χ2v) is 12.1. The molecule has 1 saturated heterocycles. The highest BCUT2D eigenvalue weighted by atomic mass is 16.5. The van der Waals surface area contributed by atoms with Crippen molar-refractivity contribution >= 4 is 10.8 Å². The third kappa shape index (κ3) is 9.69. The predicted octanol–water partition coefficient (Wildman–Crippen LogP) is 6.78. The number of methoxy groups -OCH3 is 3. The minimum absolute atomic E-state index is 0.0470. The average Bonchev–Trinajstić information content (AvgIpc) is 3.11. The number of rotatable bonds is 18. The molecule has 1 fully saturated rings. The van der Waals surface area contributed by atoms with E-state index in [1.807, 2.05) is 48.5 Å². The van der Waals surface area contributed by atoms with Crippen molar-refractivity contribution in [3.05, 3.63) is 102 Å². The Morgan fingerprint density at radius 3 is 2.28 bits per heavy atom.